The molecule has 0 atom stereocenters. The molecule has 0 spiro atoms. The molecule has 0 saturated heterocycles. The molecule has 0 aliphatic rings. The maximum atomic E-state index is 14.3. The molecule has 0 bridgehead atoms. The molecule has 2 nitrogen and oxygen atoms in total. The summed E-state index contributed by atoms with van der Waals surface area (Å²) >= 11 is 3.44. The average Bonchev–Trinajstić information content (AvgIpc) is 3.89. The first kappa shape index (κ1) is 32.1. The Hall–Kier alpha value is -4.48. The van der Waals surface area contributed by atoms with Gasteiger partial charge in [0.15, 0.2) is 10.9 Å². The van der Waals surface area contributed by atoms with Crippen molar-refractivity contribution in [1.29, 1.82) is 0 Å². The van der Waals surface area contributed by atoms with Crippen molar-refractivity contribution >= 4 is 65.8 Å². The van der Waals surface area contributed by atoms with Gasteiger partial charge in [-0.15, -0.1) is 22.7 Å². The Morgan fingerprint density at radius 3 is 1.29 bits per heavy atom. The van der Waals surface area contributed by atoms with Crippen molar-refractivity contribution in [3.63, 3.8) is 0 Å². The summed E-state index contributed by atoms with van der Waals surface area (Å²) in [6.07, 6.45) is 11.9. The molecular formula is C44H38O2S2. The van der Waals surface area contributed by atoms with Crippen LogP contribution < -0.4 is 10.9 Å². The van der Waals surface area contributed by atoms with Crippen LogP contribution in [-0.4, -0.2) is 0 Å². The van der Waals surface area contributed by atoms with Crippen LogP contribution >= 0.6 is 22.7 Å². The molecule has 238 valence electrons. The van der Waals surface area contributed by atoms with Gasteiger partial charge in [-0.1, -0.05) is 125 Å². The second kappa shape index (κ2) is 14.3. The van der Waals surface area contributed by atoms with E-state index in [0.29, 0.717) is 32.7 Å². The first-order valence-electron chi connectivity index (χ1n) is 17.3. The van der Waals surface area contributed by atoms with Crippen LogP contribution in [0.25, 0.3) is 43.1 Å². The molecule has 0 aliphatic heterocycles. The van der Waals surface area contributed by atoms with Gasteiger partial charge in [0.25, 0.3) is 0 Å². The number of benzene rings is 3. The SMILES string of the molecule is CCCCCCc1ccc(C#Cc2c3c(=O)c4ccccc4c3c(C#Cc3ccc(CCCCCC)s3)c3c(=O)c4ccccc4c23)s1. The summed E-state index contributed by atoms with van der Waals surface area (Å²) < 4.78 is 0. The number of hydrogen-bond donors (Lipinski definition) is 0. The van der Waals surface area contributed by atoms with E-state index in [1.54, 1.807) is 22.7 Å². The summed E-state index contributed by atoms with van der Waals surface area (Å²) in [5, 5.41) is 5.54. The third-order valence-corrected chi connectivity index (χ3v) is 11.5. The smallest absolute Gasteiger partial charge is 0.195 e. The molecule has 0 aliphatic carbocycles. The maximum Gasteiger partial charge on any atom is 0.195 e. The Morgan fingerprint density at radius 2 is 0.875 bits per heavy atom. The van der Waals surface area contributed by atoms with E-state index in [-0.39, 0.29) is 10.9 Å². The van der Waals surface area contributed by atoms with Crippen LogP contribution in [0.1, 0.15) is 95.8 Å². The fourth-order valence-electron chi connectivity index (χ4n) is 6.92. The Labute approximate surface area is 290 Å². The van der Waals surface area contributed by atoms with Gasteiger partial charge < -0.3 is 0 Å². The first-order chi connectivity index (χ1) is 23.6. The lowest BCUT2D eigenvalue weighted by Gasteiger charge is -2.05. The fraction of sp³-hybridized carbons (Fsp3) is 0.273. The highest BCUT2D eigenvalue weighted by atomic mass is 32.1. The molecule has 4 heteroatoms. The molecule has 7 aromatic rings. The Kier molecular flexibility index (Phi) is 9.58. The largest absolute Gasteiger partial charge is 0.289 e. The normalized spacial score (nSPS) is 11.4. The highest BCUT2D eigenvalue weighted by Crippen LogP contribution is 2.39. The summed E-state index contributed by atoms with van der Waals surface area (Å²) in [6.45, 7) is 4.46. The van der Waals surface area contributed by atoms with E-state index in [4.69, 9.17) is 0 Å². The van der Waals surface area contributed by atoms with E-state index in [2.05, 4.69) is 61.8 Å². The van der Waals surface area contributed by atoms with E-state index >= 15 is 0 Å². The minimum atomic E-state index is -0.0548. The van der Waals surface area contributed by atoms with Gasteiger partial charge in [0.2, 0.25) is 0 Å². The molecule has 0 N–H and O–H groups in total. The first-order valence-corrected chi connectivity index (χ1v) is 19.0. The zero-order valence-corrected chi connectivity index (χ0v) is 29.3. The van der Waals surface area contributed by atoms with Crippen LogP contribution in [0.4, 0.5) is 0 Å². The predicted octanol–water partition coefficient (Wildman–Crippen LogP) is 11.1. The number of hydrogen-bond acceptors (Lipinski definition) is 4. The van der Waals surface area contributed by atoms with Crippen molar-refractivity contribution in [2.75, 3.05) is 0 Å². The van der Waals surface area contributed by atoms with E-state index in [9.17, 15) is 9.59 Å². The number of aryl methyl sites for hydroxylation is 2. The standard InChI is InChI=1S/C44H38O2S2/c1-3-5-7-9-15-29-21-23-31(47-29)25-27-37-39-33-17-11-13-19-35(33)44(46)42(39)38(40-34-18-12-14-20-36(34)43(45)41(37)40)28-26-32-24-22-30(48-32)16-10-8-6-4-2/h11-14,17-24H,3-10,15-16H2,1-2H3. The van der Waals surface area contributed by atoms with Crippen LogP contribution in [0.3, 0.4) is 0 Å². The van der Waals surface area contributed by atoms with Gasteiger partial charge in [-0.05, 0) is 60.7 Å². The molecule has 0 fully saturated rings. The molecule has 2 aromatic heterocycles. The quantitative estimate of drug-likeness (QED) is 0.108. The molecule has 0 unspecified atom stereocenters. The molecule has 0 saturated carbocycles. The average molecular weight is 663 g/mol. The van der Waals surface area contributed by atoms with E-state index < -0.39 is 0 Å². The molecule has 7 rings (SSSR count). The van der Waals surface area contributed by atoms with E-state index in [1.165, 1.54) is 61.1 Å². The van der Waals surface area contributed by atoms with Crippen molar-refractivity contribution in [3.05, 3.63) is 124 Å². The van der Waals surface area contributed by atoms with Crippen molar-refractivity contribution in [2.24, 2.45) is 0 Å². The van der Waals surface area contributed by atoms with Gasteiger partial charge in [-0.2, -0.15) is 0 Å². The highest BCUT2D eigenvalue weighted by molar-refractivity contribution is 7.12. The topological polar surface area (TPSA) is 34.1 Å². The highest BCUT2D eigenvalue weighted by Gasteiger charge is 2.25. The molecule has 48 heavy (non-hydrogen) atoms. The zero-order valence-electron chi connectivity index (χ0n) is 27.6. The number of fused-ring (bicyclic) bond motifs is 6. The number of rotatable bonds is 10. The lowest BCUT2D eigenvalue weighted by molar-refractivity contribution is 0.670. The van der Waals surface area contributed by atoms with Crippen molar-refractivity contribution < 1.29 is 0 Å². The lowest BCUT2D eigenvalue weighted by atomic mass is 9.95. The van der Waals surface area contributed by atoms with Gasteiger partial charge in [-0.25, -0.2) is 0 Å². The van der Waals surface area contributed by atoms with Crippen LogP contribution in [0, 0.1) is 23.7 Å². The van der Waals surface area contributed by atoms with Crippen LogP contribution in [0.5, 0.6) is 0 Å². The van der Waals surface area contributed by atoms with Crippen LogP contribution in [0.2, 0.25) is 0 Å². The molecule has 0 radical (unpaired) electrons. The maximum absolute atomic E-state index is 14.3. The minimum Gasteiger partial charge on any atom is -0.289 e. The van der Waals surface area contributed by atoms with Gasteiger partial charge in [0.05, 0.1) is 9.75 Å². The summed E-state index contributed by atoms with van der Waals surface area (Å²) in [6, 6.07) is 23.9. The Bertz CT molecular complexity index is 2320. The summed E-state index contributed by atoms with van der Waals surface area (Å²) in [5.41, 5.74) is 1.16. The predicted molar refractivity (Wildman–Crippen MR) is 208 cm³/mol. The van der Waals surface area contributed by atoms with E-state index in [0.717, 1.165) is 44.1 Å². The summed E-state index contributed by atoms with van der Waals surface area (Å²) in [7, 11) is 0. The van der Waals surface area contributed by atoms with Gasteiger partial charge in [0.1, 0.15) is 0 Å². The van der Waals surface area contributed by atoms with Gasteiger partial charge in [0, 0.05) is 53.2 Å². The fourth-order valence-corrected chi connectivity index (χ4v) is 8.73. The monoisotopic (exact) mass is 662 g/mol. The van der Waals surface area contributed by atoms with Crippen molar-refractivity contribution in [2.45, 2.75) is 78.1 Å². The number of thiophene rings is 2. The van der Waals surface area contributed by atoms with Crippen LogP contribution in [0.15, 0.2) is 82.4 Å². The lowest BCUT2D eigenvalue weighted by Crippen LogP contribution is -2.01. The Morgan fingerprint density at radius 1 is 0.458 bits per heavy atom. The molecule has 0 amide bonds. The third-order valence-electron chi connectivity index (χ3n) is 9.33. The summed E-state index contributed by atoms with van der Waals surface area (Å²) in [4.78, 5) is 33.1. The minimum absolute atomic E-state index is 0.0548. The van der Waals surface area contributed by atoms with Gasteiger partial charge >= 0.3 is 0 Å². The third kappa shape index (κ3) is 6.12. The number of unbranched alkanes of at least 4 members (excludes halogenated alkanes) is 6. The molecule has 5 aromatic carbocycles. The molecular weight excluding hydrogens is 625 g/mol. The van der Waals surface area contributed by atoms with Crippen LogP contribution in [-0.2, 0) is 12.8 Å². The van der Waals surface area contributed by atoms with Crippen molar-refractivity contribution in [1.82, 2.24) is 0 Å². The second-order valence-electron chi connectivity index (χ2n) is 12.7. The molecule has 2 heterocycles. The summed E-state index contributed by atoms with van der Waals surface area (Å²) in [5.74, 6) is 13.7. The van der Waals surface area contributed by atoms with Gasteiger partial charge in [-0.3, -0.25) is 9.59 Å². The second-order valence-corrected chi connectivity index (χ2v) is 15.0. The van der Waals surface area contributed by atoms with E-state index in [1.807, 2.05) is 48.5 Å². The Balaban J connectivity index is 1.43. The van der Waals surface area contributed by atoms with Crippen molar-refractivity contribution in [3.8, 4) is 23.7 Å². The zero-order chi connectivity index (χ0) is 33.0.